The summed E-state index contributed by atoms with van der Waals surface area (Å²) in [6, 6.07) is 31.4. The third-order valence-electron chi connectivity index (χ3n) is 10.4. The number of amides is 3. The first-order valence-corrected chi connectivity index (χ1v) is 17.6. The van der Waals surface area contributed by atoms with Crippen LogP contribution >= 0.6 is 0 Å². The summed E-state index contributed by atoms with van der Waals surface area (Å²) in [6.45, 7) is -0.336. The average molecular weight is 674 g/mol. The van der Waals surface area contributed by atoms with Crippen LogP contribution in [0.5, 0.6) is 0 Å². The van der Waals surface area contributed by atoms with Crippen LogP contribution in [0, 0.1) is 5.92 Å². The van der Waals surface area contributed by atoms with Gasteiger partial charge in [0.1, 0.15) is 25.4 Å². The van der Waals surface area contributed by atoms with Gasteiger partial charge in [-0.15, -0.1) is 0 Å². The normalized spacial score (nSPS) is 16.3. The Morgan fingerprint density at radius 2 is 1.02 bits per heavy atom. The van der Waals surface area contributed by atoms with E-state index in [1.807, 2.05) is 60.7 Å². The standard InChI is InChI=1S/C41H43N3O6/c45-23-38(44-41(48)50-25-36-33-20-10-6-16-29(33)30-17-7-11-21-34(30)36)43-39(46)37(22-26-12-2-1-3-13-26)42-40(47)49-24-35-31-18-8-4-14-27(31)28-15-5-9-19-32(28)35/h4-11,14-21,26,35-38,45H,1-3,12-13,22-25H2,(H,42,47)(H,43,46)(H,44,48)/t37-,38-/m0/s1. The minimum atomic E-state index is -1.11. The first-order valence-electron chi connectivity index (χ1n) is 17.6. The van der Waals surface area contributed by atoms with Gasteiger partial charge in [0.25, 0.3) is 0 Å². The summed E-state index contributed by atoms with van der Waals surface area (Å²) in [4.78, 5) is 39.8. The molecular formula is C41H43N3O6. The second-order valence-electron chi connectivity index (χ2n) is 13.5. The minimum Gasteiger partial charge on any atom is -0.449 e. The summed E-state index contributed by atoms with van der Waals surface area (Å²) in [5.74, 6) is -0.492. The van der Waals surface area contributed by atoms with Gasteiger partial charge in [-0.2, -0.15) is 0 Å². The molecule has 0 bridgehead atoms. The van der Waals surface area contributed by atoms with Crippen LogP contribution in [-0.4, -0.2) is 55.2 Å². The van der Waals surface area contributed by atoms with E-state index in [1.54, 1.807) is 0 Å². The van der Waals surface area contributed by atoms with Crippen molar-refractivity contribution < 1.29 is 29.0 Å². The average Bonchev–Trinajstić information content (AvgIpc) is 3.65. The number of carbonyl (C=O) groups excluding carboxylic acids is 3. The lowest BCUT2D eigenvalue weighted by molar-refractivity contribution is -0.124. The van der Waals surface area contributed by atoms with Crippen LogP contribution in [0.15, 0.2) is 97.1 Å². The van der Waals surface area contributed by atoms with Crippen molar-refractivity contribution in [3.8, 4) is 22.3 Å². The number of fused-ring (bicyclic) bond motifs is 6. The van der Waals surface area contributed by atoms with Crippen molar-refractivity contribution in [2.75, 3.05) is 19.8 Å². The highest BCUT2D eigenvalue weighted by Crippen LogP contribution is 2.45. The van der Waals surface area contributed by atoms with E-state index in [0.717, 1.165) is 76.6 Å². The molecule has 7 rings (SSSR count). The van der Waals surface area contributed by atoms with Crippen LogP contribution in [0.4, 0.5) is 9.59 Å². The summed E-state index contributed by atoms with van der Waals surface area (Å²) in [5.41, 5.74) is 8.86. The van der Waals surface area contributed by atoms with E-state index in [-0.39, 0.29) is 31.0 Å². The van der Waals surface area contributed by atoms with Crippen LogP contribution in [0.25, 0.3) is 22.3 Å². The molecule has 1 saturated carbocycles. The van der Waals surface area contributed by atoms with Gasteiger partial charge in [0.05, 0.1) is 6.61 Å². The summed E-state index contributed by atoms with van der Waals surface area (Å²) >= 11 is 0. The third-order valence-corrected chi connectivity index (χ3v) is 10.4. The molecule has 9 nitrogen and oxygen atoms in total. The smallest absolute Gasteiger partial charge is 0.408 e. The highest BCUT2D eigenvalue weighted by atomic mass is 16.6. The highest BCUT2D eigenvalue weighted by molar-refractivity contribution is 5.86. The monoisotopic (exact) mass is 673 g/mol. The Kier molecular flexibility index (Phi) is 10.1. The van der Waals surface area contributed by atoms with E-state index in [4.69, 9.17) is 9.47 Å². The predicted molar refractivity (Wildman–Crippen MR) is 190 cm³/mol. The molecule has 4 N–H and O–H groups in total. The second kappa shape index (κ2) is 15.2. The number of ether oxygens (including phenoxy) is 2. The fourth-order valence-electron chi connectivity index (χ4n) is 7.95. The second-order valence-corrected chi connectivity index (χ2v) is 13.5. The fraction of sp³-hybridized carbons (Fsp3) is 0.341. The number of hydrogen-bond acceptors (Lipinski definition) is 6. The molecule has 2 atom stereocenters. The van der Waals surface area contributed by atoms with E-state index in [0.29, 0.717) is 6.42 Å². The Morgan fingerprint density at radius 1 is 0.600 bits per heavy atom. The molecule has 0 unspecified atom stereocenters. The summed E-state index contributed by atoms with van der Waals surface area (Å²) in [5, 5.41) is 18.2. The molecule has 3 amide bonds. The van der Waals surface area contributed by atoms with Crippen molar-refractivity contribution in [3.05, 3.63) is 119 Å². The molecule has 0 aromatic heterocycles. The van der Waals surface area contributed by atoms with E-state index in [2.05, 4.69) is 52.3 Å². The predicted octanol–water partition coefficient (Wildman–Crippen LogP) is 6.84. The zero-order valence-corrected chi connectivity index (χ0v) is 28.0. The first kappa shape index (κ1) is 33.4. The van der Waals surface area contributed by atoms with Gasteiger partial charge in [-0.05, 0) is 56.8 Å². The molecule has 3 aliphatic rings. The van der Waals surface area contributed by atoms with Crippen molar-refractivity contribution >= 4 is 18.1 Å². The van der Waals surface area contributed by atoms with Crippen molar-refractivity contribution in [2.45, 2.75) is 62.6 Å². The van der Waals surface area contributed by atoms with Crippen LogP contribution < -0.4 is 16.0 Å². The molecule has 1 fully saturated rings. The zero-order valence-electron chi connectivity index (χ0n) is 28.0. The summed E-state index contributed by atoms with van der Waals surface area (Å²) in [6.07, 6.45) is 3.11. The van der Waals surface area contributed by atoms with Crippen LogP contribution in [0.2, 0.25) is 0 Å². The van der Waals surface area contributed by atoms with E-state index < -0.39 is 36.9 Å². The Hall–Kier alpha value is -5.15. The van der Waals surface area contributed by atoms with Gasteiger partial charge in [0.15, 0.2) is 0 Å². The molecule has 50 heavy (non-hydrogen) atoms. The molecular weight excluding hydrogens is 630 g/mol. The lowest BCUT2D eigenvalue weighted by atomic mass is 9.84. The van der Waals surface area contributed by atoms with Gasteiger partial charge >= 0.3 is 12.2 Å². The molecule has 4 aromatic rings. The topological polar surface area (TPSA) is 126 Å². The number of hydrogen-bond donors (Lipinski definition) is 4. The molecule has 0 spiro atoms. The van der Waals surface area contributed by atoms with Gasteiger partial charge in [-0.3, -0.25) is 10.1 Å². The van der Waals surface area contributed by atoms with Gasteiger partial charge in [0.2, 0.25) is 5.91 Å². The van der Waals surface area contributed by atoms with Crippen molar-refractivity contribution in [2.24, 2.45) is 5.92 Å². The fourth-order valence-corrected chi connectivity index (χ4v) is 7.95. The number of nitrogens with one attached hydrogen (secondary N) is 3. The molecule has 3 aliphatic carbocycles. The van der Waals surface area contributed by atoms with Gasteiger partial charge in [-0.25, -0.2) is 9.59 Å². The maximum absolute atomic E-state index is 13.6. The van der Waals surface area contributed by atoms with Gasteiger partial charge in [0, 0.05) is 11.8 Å². The minimum absolute atomic E-state index is 0.0968. The number of carbonyl (C=O) groups is 3. The quantitative estimate of drug-likeness (QED) is 0.129. The highest BCUT2D eigenvalue weighted by Gasteiger charge is 2.32. The largest absolute Gasteiger partial charge is 0.449 e. The molecule has 0 saturated heterocycles. The van der Waals surface area contributed by atoms with E-state index in [9.17, 15) is 19.5 Å². The Morgan fingerprint density at radius 3 is 1.46 bits per heavy atom. The molecule has 258 valence electrons. The number of rotatable bonds is 11. The van der Waals surface area contributed by atoms with Gasteiger partial charge in [-0.1, -0.05) is 129 Å². The number of benzene rings is 4. The molecule has 0 heterocycles. The van der Waals surface area contributed by atoms with E-state index in [1.165, 1.54) is 0 Å². The Labute approximate surface area is 292 Å². The SMILES string of the molecule is O=C(N[C@@H](CO)NC(=O)[C@H](CC1CCCCC1)NC(=O)OCC1c2ccccc2-c2ccccc21)OCC1c2ccccc2-c2ccccc21. The first-order chi connectivity index (χ1) is 24.5. The van der Waals surface area contributed by atoms with Crippen LogP contribution in [0.3, 0.4) is 0 Å². The Bertz CT molecular complexity index is 1760. The van der Waals surface area contributed by atoms with Crippen molar-refractivity contribution in [1.82, 2.24) is 16.0 Å². The molecule has 0 aliphatic heterocycles. The number of aliphatic hydroxyl groups is 1. The van der Waals surface area contributed by atoms with Crippen LogP contribution in [0.1, 0.15) is 72.6 Å². The maximum atomic E-state index is 13.6. The van der Waals surface area contributed by atoms with Gasteiger partial charge < -0.3 is 25.2 Å². The van der Waals surface area contributed by atoms with Crippen LogP contribution in [-0.2, 0) is 14.3 Å². The lowest BCUT2D eigenvalue weighted by Gasteiger charge is -2.28. The van der Waals surface area contributed by atoms with Crippen molar-refractivity contribution in [3.63, 3.8) is 0 Å². The summed E-state index contributed by atoms with van der Waals surface area (Å²) < 4.78 is 11.4. The zero-order chi connectivity index (χ0) is 34.5. The molecule has 0 radical (unpaired) electrons. The lowest BCUT2D eigenvalue weighted by Crippen LogP contribution is -2.56. The van der Waals surface area contributed by atoms with Crippen molar-refractivity contribution in [1.29, 1.82) is 0 Å². The maximum Gasteiger partial charge on any atom is 0.408 e. The third kappa shape index (κ3) is 7.09. The molecule has 4 aromatic carbocycles. The summed E-state index contributed by atoms with van der Waals surface area (Å²) in [7, 11) is 0. The number of alkyl carbamates (subject to hydrolysis) is 2. The number of aliphatic hydroxyl groups excluding tert-OH is 1. The molecule has 9 heteroatoms. The van der Waals surface area contributed by atoms with E-state index >= 15 is 0 Å². The Balaban J connectivity index is 0.968.